The van der Waals surface area contributed by atoms with E-state index in [0.29, 0.717) is 5.67 Å². The van der Waals surface area contributed by atoms with E-state index < -0.39 is 0 Å². The van der Waals surface area contributed by atoms with Gasteiger partial charge >= 0.3 is 6.03 Å². The normalized spacial score (nSPS) is 20.6. The number of hydrogen-bond donors (Lipinski definition) is 1. The zero-order valence-electron chi connectivity index (χ0n) is 6.76. The number of rotatable bonds is 2. The summed E-state index contributed by atoms with van der Waals surface area (Å²) in [5.41, 5.74) is 0.293. The van der Waals surface area contributed by atoms with Crippen LogP contribution in [0.5, 0.6) is 0 Å². The molecule has 1 fully saturated rings. The van der Waals surface area contributed by atoms with Crippen molar-refractivity contribution in [2.45, 2.75) is 19.0 Å². The summed E-state index contributed by atoms with van der Waals surface area (Å²) in [6, 6.07) is -0.225. The maximum Gasteiger partial charge on any atom is 0.324 e. The molecule has 1 saturated heterocycles. The molecule has 1 aliphatic heterocycles. The van der Waals surface area contributed by atoms with Crippen LogP contribution in [-0.4, -0.2) is 39.3 Å². The number of imide groups is 1. The first-order valence-corrected chi connectivity index (χ1v) is 4.91. The van der Waals surface area contributed by atoms with Gasteiger partial charge in [-0.3, -0.25) is 10.1 Å². The van der Waals surface area contributed by atoms with Crippen LogP contribution in [0.4, 0.5) is 4.79 Å². The van der Waals surface area contributed by atoms with Crippen LogP contribution < -0.4 is 5.32 Å². The van der Waals surface area contributed by atoms with Gasteiger partial charge in [0.25, 0.3) is 0 Å². The minimum Gasteiger partial charge on any atom is -0.316 e. The standard InChI is InChI=1S/C6H12N2O2Si/c1-2-5(11)8-3-4(9)7-6(8)10/h5H,2-3H2,1,11H3,(H,7,9,10). The summed E-state index contributed by atoms with van der Waals surface area (Å²) in [7, 11) is 0.925. The Morgan fingerprint density at radius 2 is 2.36 bits per heavy atom. The van der Waals surface area contributed by atoms with E-state index >= 15 is 0 Å². The van der Waals surface area contributed by atoms with E-state index in [2.05, 4.69) is 5.32 Å². The molecule has 1 aliphatic rings. The molecule has 1 unspecified atom stereocenters. The second-order valence-electron chi connectivity index (χ2n) is 2.74. The molecule has 0 aromatic heterocycles. The number of nitrogens with zero attached hydrogens (tertiary/aromatic N) is 1. The molecule has 0 radical (unpaired) electrons. The highest BCUT2D eigenvalue weighted by atomic mass is 28.1. The fourth-order valence-electron chi connectivity index (χ4n) is 1.03. The Morgan fingerprint density at radius 3 is 2.73 bits per heavy atom. The summed E-state index contributed by atoms with van der Waals surface area (Å²) in [5, 5.41) is 2.25. The zero-order valence-corrected chi connectivity index (χ0v) is 8.76. The van der Waals surface area contributed by atoms with Gasteiger partial charge in [-0.2, -0.15) is 0 Å². The molecule has 5 heteroatoms. The maximum absolute atomic E-state index is 11.0. The Hall–Kier alpha value is -0.843. The lowest BCUT2D eigenvalue weighted by Gasteiger charge is -2.20. The fourth-order valence-corrected chi connectivity index (χ4v) is 1.45. The fraction of sp³-hybridized carbons (Fsp3) is 0.667. The first-order valence-electron chi connectivity index (χ1n) is 3.75. The number of urea groups is 1. The number of hydrogen-bond acceptors (Lipinski definition) is 2. The van der Waals surface area contributed by atoms with Gasteiger partial charge in [0, 0.05) is 15.9 Å². The van der Waals surface area contributed by atoms with Gasteiger partial charge in [-0.25, -0.2) is 4.79 Å². The van der Waals surface area contributed by atoms with E-state index in [4.69, 9.17) is 0 Å². The van der Waals surface area contributed by atoms with E-state index in [1.54, 1.807) is 4.90 Å². The third-order valence-electron chi connectivity index (χ3n) is 1.94. The largest absolute Gasteiger partial charge is 0.324 e. The third-order valence-corrected chi connectivity index (χ3v) is 3.38. The lowest BCUT2D eigenvalue weighted by atomic mass is 10.4. The van der Waals surface area contributed by atoms with Gasteiger partial charge < -0.3 is 4.90 Å². The van der Waals surface area contributed by atoms with Crippen molar-refractivity contribution in [3.8, 4) is 0 Å². The summed E-state index contributed by atoms with van der Waals surface area (Å²) in [6.45, 7) is 2.27. The SMILES string of the molecule is CCC([SiH3])N1CC(=O)NC1=O. The minimum absolute atomic E-state index is 0.177. The average Bonchev–Trinajstić information content (AvgIpc) is 2.28. The zero-order chi connectivity index (χ0) is 8.43. The van der Waals surface area contributed by atoms with E-state index in [1.807, 2.05) is 6.92 Å². The van der Waals surface area contributed by atoms with Gasteiger partial charge in [0.1, 0.15) is 6.54 Å². The van der Waals surface area contributed by atoms with Crippen LogP contribution in [0.25, 0.3) is 0 Å². The van der Waals surface area contributed by atoms with Crippen LogP contribution >= 0.6 is 0 Å². The van der Waals surface area contributed by atoms with Gasteiger partial charge in [0.15, 0.2) is 0 Å². The van der Waals surface area contributed by atoms with Crippen molar-refractivity contribution >= 4 is 22.2 Å². The molecule has 0 saturated carbocycles. The monoisotopic (exact) mass is 172 g/mol. The second-order valence-corrected chi connectivity index (χ2v) is 4.07. The van der Waals surface area contributed by atoms with Gasteiger partial charge in [0.05, 0.1) is 0 Å². The highest BCUT2D eigenvalue weighted by Gasteiger charge is 2.29. The molecule has 0 aliphatic carbocycles. The van der Waals surface area contributed by atoms with Gasteiger partial charge in [-0.05, 0) is 6.42 Å². The summed E-state index contributed by atoms with van der Waals surface area (Å²) in [5.74, 6) is -0.177. The molecule has 62 valence electrons. The summed E-state index contributed by atoms with van der Waals surface area (Å²) in [4.78, 5) is 23.3. The Balaban J connectivity index is 2.59. The number of carbonyl (C=O) groups is 2. The molecule has 1 N–H and O–H groups in total. The topological polar surface area (TPSA) is 49.4 Å². The summed E-state index contributed by atoms with van der Waals surface area (Å²) in [6.07, 6.45) is 0.937. The van der Waals surface area contributed by atoms with Crippen molar-refractivity contribution in [2.24, 2.45) is 0 Å². The lowest BCUT2D eigenvalue weighted by Crippen LogP contribution is -2.37. The van der Waals surface area contributed by atoms with Crippen LogP contribution in [0.15, 0.2) is 0 Å². The average molecular weight is 172 g/mol. The van der Waals surface area contributed by atoms with Crippen molar-refractivity contribution in [2.75, 3.05) is 6.54 Å². The van der Waals surface area contributed by atoms with E-state index in [9.17, 15) is 9.59 Å². The Labute approximate surface area is 68.4 Å². The number of carbonyl (C=O) groups excluding carboxylic acids is 2. The van der Waals surface area contributed by atoms with Gasteiger partial charge in [-0.1, -0.05) is 6.92 Å². The second kappa shape index (κ2) is 3.04. The molecular formula is C6H12N2O2Si. The van der Waals surface area contributed by atoms with Gasteiger partial charge in [0.2, 0.25) is 5.91 Å². The first kappa shape index (κ1) is 8.26. The van der Waals surface area contributed by atoms with Crippen molar-refractivity contribution in [3.05, 3.63) is 0 Å². The number of amides is 3. The smallest absolute Gasteiger partial charge is 0.316 e. The van der Waals surface area contributed by atoms with Crippen molar-refractivity contribution in [3.63, 3.8) is 0 Å². The first-order chi connectivity index (χ1) is 5.15. The van der Waals surface area contributed by atoms with Crippen LogP contribution in [0.3, 0.4) is 0 Å². The predicted molar refractivity (Wildman–Crippen MR) is 44.3 cm³/mol. The number of nitrogens with one attached hydrogen (secondary N) is 1. The van der Waals surface area contributed by atoms with Crippen molar-refractivity contribution < 1.29 is 9.59 Å². The molecule has 1 rings (SSSR count). The quantitative estimate of drug-likeness (QED) is 0.413. The highest BCUT2D eigenvalue weighted by Crippen LogP contribution is 2.04. The Kier molecular flexibility index (Phi) is 2.28. The van der Waals surface area contributed by atoms with E-state index in [-0.39, 0.29) is 18.5 Å². The Bertz CT molecular complexity index is 195. The van der Waals surface area contributed by atoms with Gasteiger partial charge in [-0.15, -0.1) is 0 Å². The lowest BCUT2D eigenvalue weighted by molar-refractivity contribution is -0.118. The van der Waals surface area contributed by atoms with Crippen molar-refractivity contribution in [1.82, 2.24) is 10.2 Å². The van der Waals surface area contributed by atoms with E-state index in [1.165, 1.54) is 0 Å². The Morgan fingerprint density at radius 1 is 1.73 bits per heavy atom. The van der Waals surface area contributed by atoms with Crippen LogP contribution in [0.1, 0.15) is 13.3 Å². The summed E-state index contributed by atoms with van der Waals surface area (Å²) >= 11 is 0. The molecule has 0 bridgehead atoms. The molecule has 4 nitrogen and oxygen atoms in total. The predicted octanol–water partition coefficient (Wildman–Crippen LogP) is -1.36. The molecule has 1 heterocycles. The summed E-state index contributed by atoms with van der Waals surface area (Å²) < 4.78 is 0. The molecule has 11 heavy (non-hydrogen) atoms. The van der Waals surface area contributed by atoms with Crippen LogP contribution in [-0.2, 0) is 4.79 Å². The third kappa shape index (κ3) is 1.59. The maximum atomic E-state index is 11.0. The molecule has 3 amide bonds. The molecular weight excluding hydrogens is 160 g/mol. The van der Waals surface area contributed by atoms with Crippen molar-refractivity contribution in [1.29, 1.82) is 0 Å². The highest BCUT2D eigenvalue weighted by molar-refractivity contribution is 6.14. The molecule has 1 atom stereocenters. The molecule has 0 aromatic carbocycles. The van der Waals surface area contributed by atoms with Crippen LogP contribution in [0, 0.1) is 0 Å². The minimum atomic E-state index is -0.225. The molecule has 0 aromatic rings. The van der Waals surface area contributed by atoms with E-state index in [0.717, 1.165) is 16.7 Å². The molecule has 0 spiro atoms. The van der Waals surface area contributed by atoms with Crippen LogP contribution in [0.2, 0.25) is 0 Å².